The number of sulfonamides is 1. The maximum absolute atomic E-state index is 13.1. The van der Waals surface area contributed by atoms with E-state index in [-0.39, 0.29) is 28.1 Å². The number of hydrogen-bond acceptors (Lipinski definition) is 4. The largest absolute Gasteiger partial charge is 0.312 e. The number of hydrogen-bond donors (Lipinski definition) is 0. The van der Waals surface area contributed by atoms with E-state index in [1.165, 1.54) is 23.4 Å². The van der Waals surface area contributed by atoms with Gasteiger partial charge in [0.1, 0.15) is 0 Å². The zero-order valence-corrected chi connectivity index (χ0v) is 15.3. The van der Waals surface area contributed by atoms with Gasteiger partial charge in [-0.25, -0.2) is 8.42 Å². The minimum absolute atomic E-state index is 0.0159. The van der Waals surface area contributed by atoms with Gasteiger partial charge < -0.3 is 4.57 Å². The SMILES string of the molecule is CC(=O)c1cccc(S(=O)(=O)N2C[C@H]3C[C@@H](C2)c2cccc(=O)n2C3)c1. The van der Waals surface area contributed by atoms with Crippen LogP contribution >= 0.6 is 0 Å². The molecule has 2 aliphatic heterocycles. The maximum Gasteiger partial charge on any atom is 0.250 e. The van der Waals surface area contributed by atoms with Gasteiger partial charge in [0.05, 0.1) is 4.90 Å². The molecule has 1 fully saturated rings. The molecule has 0 unspecified atom stereocenters. The molecular weight excluding hydrogens is 352 g/mol. The molecule has 0 N–H and O–H groups in total. The smallest absolute Gasteiger partial charge is 0.250 e. The molecule has 0 saturated carbocycles. The molecule has 0 amide bonds. The first-order valence-electron chi connectivity index (χ1n) is 8.67. The van der Waals surface area contributed by atoms with Crippen molar-refractivity contribution in [1.82, 2.24) is 8.87 Å². The molecule has 3 heterocycles. The summed E-state index contributed by atoms with van der Waals surface area (Å²) in [6.07, 6.45) is 0.892. The minimum Gasteiger partial charge on any atom is -0.312 e. The number of carbonyl (C=O) groups excluding carboxylic acids is 1. The lowest BCUT2D eigenvalue weighted by Crippen LogP contribution is -2.49. The Morgan fingerprint density at radius 2 is 1.85 bits per heavy atom. The fourth-order valence-electron chi connectivity index (χ4n) is 4.07. The second-order valence-corrected chi connectivity index (χ2v) is 9.04. The summed E-state index contributed by atoms with van der Waals surface area (Å²) in [7, 11) is -3.68. The Kier molecular flexibility index (Phi) is 4.08. The second-order valence-electron chi connectivity index (χ2n) is 7.10. The molecule has 0 spiro atoms. The maximum atomic E-state index is 13.1. The highest BCUT2D eigenvalue weighted by Gasteiger charge is 2.39. The Bertz CT molecular complexity index is 1040. The highest BCUT2D eigenvalue weighted by Crippen LogP contribution is 2.37. The molecule has 136 valence electrons. The van der Waals surface area contributed by atoms with Crippen LogP contribution in [0.4, 0.5) is 0 Å². The molecule has 6 nitrogen and oxygen atoms in total. The second kappa shape index (κ2) is 6.17. The molecule has 1 aromatic heterocycles. The molecule has 0 radical (unpaired) electrons. The van der Waals surface area contributed by atoms with Crippen LogP contribution in [0.3, 0.4) is 0 Å². The van der Waals surface area contributed by atoms with E-state index in [2.05, 4.69) is 0 Å². The number of carbonyl (C=O) groups is 1. The molecule has 2 aromatic rings. The van der Waals surface area contributed by atoms with E-state index < -0.39 is 10.0 Å². The van der Waals surface area contributed by atoms with Crippen LogP contribution in [0.5, 0.6) is 0 Å². The van der Waals surface area contributed by atoms with E-state index in [1.807, 2.05) is 6.07 Å². The first kappa shape index (κ1) is 17.2. The van der Waals surface area contributed by atoms with Crippen LogP contribution in [0.2, 0.25) is 0 Å². The molecule has 1 aromatic carbocycles. The quantitative estimate of drug-likeness (QED) is 0.771. The zero-order valence-electron chi connectivity index (χ0n) is 14.5. The third-order valence-corrected chi connectivity index (χ3v) is 7.15. The number of nitrogens with zero attached hydrogens (tertiary/aromatic N) is 2. The predicted molar refractivity (Wildman–Crippen MR) is 96.8 cm³/mol. The van der Waals surface area contributed by atoms with Crippen LogP contribution in [0.1, 0.15) is 35.3 Å². The number of rotatable bonds is 3. The first-order valence-corrected chi connectivity index (χ1v) is 10.1. The molecule has 7 heteroatoms. The van der Waals surface area contributed by atoms with E-state index >= 15 is 0 Å². The fraction of sp³-hybridized carbons (Fsp3) is 0.368. The van der Waals surface area contributed by atoms with Gasteiger partial charge in [0, 0.05) is 42.9 Å². The Morgan fingerprint density at radius 3 is 2.62 bits per heavy atom. The van der Waals surface area contributed by atoms with E-state index in [0.717, 1.165) is 12.1 Å². The van der Waals surface area contributed by atoms with Gasteiger partial charge in [-0.2, -0.15) is 4.31 Å². The lowest BCUT2D eigenvalue weighted by Gasteiger charge is -2.42. The number of fused-ring (bicyclic) bond motifs is 4. The van der Waals surface area contributed by atoms with Crippen LogP contribution in [0.25, 0.3) is 0 Å². The monoisotopic (exact) mass is 372 g/mol. The van der Waals surface area contributed by atoms with Gasteiger partial charge in [-0.05, 0) is 37.5 Å². The molecule has 2 bridgehead atoms. The summed E-state index contributed by atoms with van der Waals surface area (Å²) >= 11 is 0. The minimum atomic E-state index is -3.68. The Labute approximate surface area is 152 Å². The lowest BCUT2D eigenvalue weighted by atomic mass is 9.84. The van der Waals surface area contributed by atoms with Gasteiger partial charge in [0.15, 0.2) is 5.78 Å². The van der Waals surface area contributed by atoms with E-state index in [1.54, 1.807) is 28.8 Å². The standard InChI is InChI=1S/C19H20N2O4S/c1-13(22)15-4-2-5-17(9-15)26(24,25)20-10-14-8-16(12-20)18-6-3-7-19(23)21(18)11-14/h2-7,9,14,16H,8,10-12H2,1H3/t14-,16+/m1/s1. The van der Waals surface area contributed by atoms with Crippen LogP contribution in [-0.4, -0.2) is 36.2 Å². The van der Waals surface area contributed by atoms with Crippen LogP contribution in [0.15, 0.2) is 52.2 Å². The van der Waals surface area contributed by atoms with Crippen molar-refractivity contribution < 1.29 is 13.2 Å². The molecule has 2 atom stereocenters. The Hall–Kier alpha value is -2.25. The van der Waals surface area contributed by atoms with E-state index in [9.17, 15) is 18.0 Å². The third-order valence-electron chi connectivity index (χ3n) is 5.32. The third kappa shape index (κ3) is 2.81. The Balaban J connectivity index is 1.69. The summed E-state index contributed by atoms with van der Waals surface area (Å²) in [5, 5.41) is 0. The molecule has 4 rings (SSSR count). The van der Waals surface area contributed by atoms with E-state index in [0.29, 0.717) is 25.2 Å². The van der Waals surface area contributed by atoms with Crippen LogP contribution < -0.4 is 5.56 Å². The van der Waals surface area contributed by atoms with Crippen LogP contribution in [-0.2, 0) is 16.6 Å². The predicted octanol–water partition coefficient (Wildman–Crippen LogP) is 1.86. The van der Waals surface area contributed by atoms with Crippen molar-refractivity contribution in [3.8, 4) is 0 Å². The lowest BCUT2D eigenvalue weighted by molar-refractivity contribution is 0.101. The molecule has 26 heavy (non-hydrogen) atoms. The number of Topliss-reactive ketones (excluding diaryl/α,β-unsaturated/α-hetero) is 1. The normalized spacial score (nSPS) is 22.7. The summed E-state index contributed by atoms with van der Waals surface area (Å²) in [5.74, 6) is -0.0276. The molecular formula is C19H20N2O4S. The Morgan fingerprint density at radius 1 is 1.08 bits per heavy atom. The molecule has 0 aliphatic carbocycles. The highest BCUT2D eigenvalue weighted by atomic mass is 32.2. The number of pyridine rings is 1. The molecule has 2 aliphatic rings. The summed E-state index contributed by atoms with van der Waals surface area (Å²) in [6.45, 7) is 2.72. The first-order chi connectivity index (χ1) is 12.4. The fourth-order valence-corrected chi connectivity index (χ4v) is 5.68. The van der Waals surface area contributed by atoms with Gasteiger partial charge in [-0.1, -0.05) is 18.2 Å². The average molecular weight is 372 g/mol. The number of ketones is 1. The van der Waals surface area contributed by atoms with Crippen molar-refractivity contribution in [2.24, 2.45) is 5.92 Å². The van der Waals surface area contributed by atoms with Gasteiger partial charge in [0.25, 0.3) is 5.56 Å². The van der Waals surface area contributed by atoms with Crippen molar-refractivity contribution in [3.05, 3.63) is 64.1 Å². The summed E-state index contributed by atoms with van der Waals surface area (Å²) in [4.78, 5) is 23.8. The van der Waals surface area contributed by atoms with Gasteiger partial charge in [0.2, 0.25) is 10.0 Å². The summed E-state index contributed by atoms with van der Waals surface area (Å²) in [5.41, 5.74) is 1.27. The van der Waals surface area contributed by atoms with Gasteiger partial charge in [-0.15, -0.1) is 0 Å². The zero-order chi connectivity index (χ0) is 18.5. The average Bonchev–Trinajstić information content (AvgIpc) is 2.62. The molecule has 1 saturated heterocycles. The number of aromatic nitrogens is 1. The number of piperidine rings is 1. The van der Waals surface area contributed by atoms with Crippen molar-refractivity contribution in [2.45, 2.75) is 30.7 Å². The van der Waals surface area contributed by atoms with Crippen molar-refractivity contribution in [3.63, 3.8) is 0 Å². The van der Waals surface area contributed by atoms with Crippen molar-refractivity contribution >= 4 is 15.8 Å². The van der Waals surface area contributed by atoms with Gasteiger partial charge in [-0.3, -0.25) is 9.59 Å². The summed E-state index contributed by atoms with van der Waals surface area (Å²) in [6, 6.07) is 11.4. The van der Waals surface area contributed by atoms with Crippen LogP contribution in [0, 0.1) is 5.92 Å². The topological polar surface area (TPSA) is 76.5 Å². The highest BCUT2D eigenvalue weighted by molar-refractivity contribution is 7.89. The van der Waals surface area contributed by atoms with Crippen molar-refractivity contribution in [2.75, 3.05) is 13.1 Å². The van der Waals surface area contributed by atoms with E-state index in [4.69, 9.17) is 0 Å². The van der Waals surface area contributed by atoms with Crippen molar-refractivity contribution in [1.29, 1.82) is 0 Å². The number of benzene rings is 1. The van der Waals surface area contributed by atoms with Gasteiger partial charge >= 0.3 is 0 Å². The summed E-state index contributed by atoms with van der Waals surface area (Å²) < 4.78 is 29.5.